The maximum atomic E-state index is 7.79. The van der Waals surface area contributed by atoms with E-state index in [0.29, 0.717) is 4.68 Å². The Morgan fingerprint density at radius 2 is 2.46 bits per heavy atom. The lowest BCUT2D eigenvalue weighted by Gasteiger charge is -2.00. The number of pyridine rings is 1. The second-order valence-corrected chi connectivity index (χ2v) is 2.23. The molecule has 66 valence electrons. The second kappa shape index (κ2) is 2.90. The molecule has 0 spiro atoms. The number of aryl methyl sites for hydroxylation is 1. The fourth-order valence-corrected chi connectivity index (χ4v) is 0.801. The summed E-state index contributed by atoms with van der Waals surface area (Å²) in [5.41, 5.74) is 4.31. The van der Waals surface area contributed by atoms with Gasteiger partial charge in [0, 0.05) is 17.3 Å². The van der Waals surface area contributed by atoms with Gasteiger partial charge in [-0.25, -0.2) is 0 Å². The second-order valence-electron chi connectivity index (χ2n) is 2.23. The van der Waals surface area contributed by atoms with Gasteiger partial charge in [0.15, 0.2) is 0 Å². The highest BCUT2D eigenvalue weighted by atomic mass is 15.3. The Morgan fingerprint density at radius 3 is 3.31 bits per heavy atom. The zero-order valence-corrected chi connectivity index (χ0v) is 6.42. The number of hydrogen-bond donors (Lipinski definition) is 1. The van der Waals surface area contributed by atoms with Gasteiger partial charge in [0.2, 0.25) is 0 Å². The molecule has 0 saturated carbocycles. The number of nitrogens with two attached hydrogens (primary N) is 1. The molecule has 0 fully saturated rings. The summed E-state index contributed by atoms with van der Waals surface area (Å²) >= 11 is 0. The van der Waals surface area contributed by atoms with Gasteiger partial charge in [-0.3, -0.25) is 9.67 Å². The molecule has 0 saturated heterocycles. The van der Waals surface area contributed by atoms with E-state index in [2.05, 4.69) is 10.1 Å². The van der Waals surface area contributed by atoms with Gasteiger partial charge >= 0.3 is 0 Å². The first kappa shape index (κ1) is 2.83. The summed E-state index contributed by atoms with van der Waals surface area (Å²) in [6.45, 7) is -2.79. The molecule has 0 aliphatic heterocycles. The topological polar surface area (TPSA) is 56.7 Å². The van der Waals surface area contributed by atoms with Crippen molar-refractivity contribution in [3.8, 4) is 11.4 Å². The van der Waals surface area contributed by atoms with Gasteiger partial charge in [-0.15, -0.1) is 0 Å². The zero-order valence-electron chi connectivity index (χ0n) is 14.4. The highest BCUT2D eigenvalue weighted by Crippen LogP contribution is 2.15. The van der Waals surface area contributed by atoms with Crippen LogP contribution in [-0.4, -0.2) is 14.8 Å². The first-order valence-corrected chi connectivity index (χ1v) is 3.36. The van der Waals surface area contributed by atoms with E-state index in [9.17, 15) is 0 Å². The smallest absolute Gasteiger partial charge is 0.0884 e. The predicted octanol–water partition coefficient (Wildman–Crippen LogP) is 1.06. The zero-order chi connectivity index (χ0) is 16.1. The van der Waals surface area contributed by atoms with Gasteiger partial charge in [0.25, 0.3) is 0 Å². The highest BCUT2D eigenvalue weighted by molar-refractivity contribution is 5.56. The van der Waals surface area contributed by atoms with Crippen molar-refractivity contribution in [2.45, 2.75) is 0 Å². The van der Waals surface area contributed by atoms with Gasteiger partial charge < -0.3 is 5.73 Å². The molecule has 2 aromatic heterocycles. The summed E-state index contributed by atoms with van der Waals surface area (Å²) in [7, 11) is 0. The Kier molecular flexibility index (Phi) is 0.631. The Bertz CT molecular complexity index is 720. The molecule has 13 heavy (non-hydrogen) atoms. The van der Waals surface area contributed by atoms with Gasteiger partial charge in [0.05, 0.1) is 30.1 Å². The Hall–Kier alpha value is -1.84. The van der Waals surface area contributed by atoms with Crippen molar-refractivity contribution in [3.63, 3.8) is 0 Å². The van der Waals surface area contributed by atoms with E-state index in [0.717, 1.165) is 0 Å². The number of rotatable bonds is 1. The predicted molar refractivity (Wildman–Crippen MR) is 50.9 cm³/mol. The molecule has 0 aliphatic carbocycles. The maximum Gasteiger partial charge on any atom is 0.0884 e. The van der Waals surface area contributed by atoms with Crippen molar-refractivity contribution < 1.29 is 11.0 Å². The fraction of sp³-hybridized carbons (Fsp3) is 0.111. The molecular formula is C9H10N4. The largest absolute Gasteiger partial charge is 0.397 e. The summed E-state index contributed by atoms with van der Waals surface area (Å²) < 4.78 is 60.6. The molecule has 0 atom stereocenters. The third kappa shape index (κ3) is 1.38. The molecular weight excluding hydrogens is 164 g/mol. The summed E-state index contributed by atoms with van der Waals surface area (Å²) in [4.78, 5) is 3.67. The van der Waals surface area contributed by atoms with E-state index < -0.39 is 43.1 Å². The first-order valence-electron chi connectivity index (χ1n) is 7.36. The third-order valence-corrected chi connectivity index (χ3v) is 1.36. The van der Waals surface area contributed by atoms with Gasteiger partial charge in [-0.1, -0.05) is 0 Å². The molecule has 0 unspecified atom stereocenters. The number of hydrogen-bond acceptors (Lipinski definition) is 3. The van der Waals surface area contributed by atoms with E-state index >= 15 is 0 Å². The van der Waals surface area contributed by atoms with Crippen molar-refractivity contribution in [2.24, 2.45) is 6.98 Å². The first-order chi connectivity index (χ1) is 9.55. The number of aromatic nitrogens is 3. The molecule has 0 bridgehead atoms. The fourth-order valence-electron chi connectivity index (χ4n) is 0.801. The quantitative estimate of drug-likeness (QED) is 0.717. The highest BCUT2D eigenvalue weighted by Gasteiger charge is 2.02. The van der Waals surface area contributed by atoms with Crippen LogP contribution in [0.3, 0.4) is 0 Å². The lowest BCUT2D eigenvalue weighted by atomic mass is 10.2. The van der Waals surface area contributed by atoms with Gasteiger partial charge in [-0.2, -0.15) is 5.10 Å². The SMILES string of the molecule is [2H]c1nn(C([2H])([2H])[2H])c(-c2nc([2H])c(N)c([2H])c2[2H])c1[2H]. The lowest BCUT2D eigenvalue weighted by Crippen LogP contribution is -1.95. The Morgan fingerprint density at radius 1 is 1.54 bits per heavy atom. The van der Waals surface area contributed by atoms with Crippen molar-refractivity contribution in [1.29, 1.82) is 0 Å². The molecule has 0 amide bonds. The Balaban J connectivity index is 2.86. The molecule has 2 rings (SSSR count). The molecule has 0 aliphatic rings. The summed E-state index contributed by atoms with van der Waals surface area (Å²) in [6.07, 6.45) is -1.10. The van der Waals surface area contributed by atoms with Crippen molar-refractivity contribution >= 4 is 5.69 Å². The van der Waals surface area contributed by atoms with Crippen LogP contribution in [0.1, 0.15) is 11.0 Å². The molecule has 2 N–H and O–H groups in total. The molecule has 0 aromatic carbocycles. The standard InChI is InChI=1S/C9H10N4/c1-13-9(4-5-12-13)8-3-2-7(10)6-11-8/h2-6H,10H2,1H3/i1D3,2D,3D,4D,5D,6D. The monoisotopic (exact) mass is 182 g/mol. The minimum atomic E-state index is -2.79. The van der Waals surface area contributed by atoms with Crippen LogP contribution in [0.15, 0.2) is 30.5 Å². The lowest BCUT2D eigenvalue weighted by molar-refractivity contribution is 0.773. The summed E-state index contributed by atoms with van der Waals surface area (Å²) in [6, 6.07) is -1.56. The van der Waals surface area contributed by atoms with Crippen LogP contribution in [0.4, 0.5) is 5.69 Å². The van der Waals surface area contributed by atoms with E-state index in [-0.39, 0.29) is 11.4 Å². The van der Waals surface area contributed by atoms with Crippen LogP contribution >= 0.6 is 0 Å². The van der Waals surface area contributed by atoms with E-state index in [1.54, 1.807) is 0 Å². The number of anilines is 1. The molecule has 0 radical (unpaired) electrons. The summed E-state index contributed by atoms with van der Waals surface area (Å²) in [5.74, 6) is 0. The number of nitrogen functional groups attached to an aromatic ring is 1. The normalized spacial score (nSPS) is 20.0. The molecule has 2 aromatic rings. The van der Waals surface area contributed by atoms with Crippen molar-refractivity contribution in [2.75, 3.05) is 5.73 Å². The molecule has 4 heteroatoms. The van der Waals surface area contributed by atoms with Crippen LogP contribution in [0.5, 0.6) is 0 Å². The molecule has 4 nitrogen and oxygen atoms in total. The van der Waals surface area contributed by atoms with Crippen molar-refractivity contribution in [1.82, 2.24) is 14.8 Å². The Labute approximate surface area is 87.3 Å². The van der Waals surface area contributed by atoms with Crippen molar-refractivity contribution in [3.05, 3.63) is 30.5 Å². The average Bonchev–Trinajstić information content (AvgIpc) is 2.68. The maximum absolute atomic E-state index is 7.79. The average molecular weight is 182 g/mol. The van der Waals surface area contributed by atoms with Crippen LogP contribution in [0.25, 0.3) is 11.4 Å². The van der Waals surface area contributed by atoms with Crippen LogP contribution in [0.2, 0.25) is 0 Å². The van der Waals surface area contributed by atoms with Crippen LogP contribution in [-0.2, 0) is 6.98 Å². The summed E-state index contributed by atoms with van der Waals surface area (Å²) in [5, 5.41) is 3.44. The third-order valence-electron chi connectivity index (χ3n) is 1.36. The number of nitrogens with zero attached hydrogens (tertiary/aromatic N) is 3. The minimum absolute atomic E-state index is 0.318. The minimum Gasteiger partial charge on any atom is -0.397 e. The van der Waals surface area contributed by atoms with Crippen LogP contribution in [0, 0.1) is 0 Å². The van der Waals surface area contributed by atoms with E-state index in [4.69, 9.17) is 16.7 Å². The molecule has 2 heterocycles. The van der Waals surface area contributed by atoms with E-state index in [1.165, 1.54) is 0 Å². The van der Waals surface area contributed by atoms with Gasteiger partial charge in [0.1, 0.15) is 0 Å². The van der Waals surface area contributed by atoms with Crippen LogP contribution < -0.4 is 5.73 Å². The van der Waals surface area contributed by atoms with Gasteiger partial charge in [-0.05, 0) is 18.1 Å². The van der Waals surface area contributed by atoms with E-state index in [1.807, 2.05) is 0 Å².